The number of benzene rings is 2. The molecule has 0 saturated heterocycles. The molecule has 3 aliphatic rings. The second-order valence-corrected chi connectivity index (χ2v) is 12.9. The van der Waals surface area contributed by atoms with E-state index in [-0.39, 0.29) is 11.8 Å². The third kappa shape index (κ3) is 6.02. The third-order valence-corrected chi connectivity index (χ3v) is 9.99. The van der Waals surface area contributed by atoms with Gasteiger partial charge in [-0.25, -0.2) is 9.78 Å². The molecule has 2 aromatic heterocycles. The monoisotopic (exact) mass is 632 g/mol. The number of fused-ring (bicyclic) bond motifs is 5. The van der Waals surface area contributed by atoms with Crippen LogP contribution in [0.2, 0.25) is 0 Å². The van der Waals surface area contributed by atoms with Gasteiger partial charge in [-0.05, 0) is 85.2 Å². The topological polar surface area (TPSA) is 112 Å². The molecule has 3 heterocycles. The van der Waals surface area contributed by atoms with Crippen molar-refractivity contribution in [1.82, 2.24) is 14.9 Å². The SMILES string of the molecule is COC(=O)/C=C/c1ccc(NC(=O)C2(NC(=O)c3ccc4c(C5CCCCC5)c5n(c4c3)CCOc3ncccc3-5)CCCC2)cc1. The molecule has 1 aliphatic heterocycles. The van der Waals surface area contributed by atoms with Crippen molar-refractivity contribution in [2.45, 2.75) is 75.8 Å². The van der Waals surface area contributed by atoms with Crippen LogP contribution >= 0.6 is 0 Å². The van der Waals surface area contributed by atoms with Crippen LogP contribution in [-0.2, 0) is 20.9 Å². The zero-order valence-electron chi connectivity index (χ0n) is 26.7. The van der Waals surface area contributed by atoms with Gasteiger partial charge in [0.05, 0.1) is 24.9 Å². The molecule has 0 radical (unpaired) electrons. The normalized spacial score (nSPS) is 17.4. The number of nitrogens with one attached hydrogen (secondary N) is 2. The zero-order valence-corrected chi connectivity index (χ0v) is 26.7. The van der Waals surface area contributed by atoms with E-state index in [4.69, 9.17) is 4.74 Å². The van der Waals surface area contributed by atoms with Gasteiger partial charge in [0, 0.05) is 34.4 Å². The van der Waals surface area contributed by atoms with E-state index in [0.717, 1.165) is 48.0 Å². The molecule has 2 N–H and O–H groups in total. The molecule has 4 aromatic rings. The molecular weight excluding hydrogens is 592 g/mol. The molecule has 2 aliphatic carbocycles. The molecule has 47 heavy (non-hydrogen) atoms. The van der Waals surface area contributed by atoms with Gasteiger partial charge in [0.15, 0.2) is 0 Å². The minimum absolute atomic E-state index is 0.223. The highest BCUT2D eigenvalue weighted by molar-refractivity contribution is 6.06. The largest absolute Gasteiger partial charge is 0.475 e. The maximum atomic E-state index is 14.0. The fourth-order valence-corrected chi connectivity index (χ4v) is 7.60. The molecule has 2 fully saturated rings. The summed E-state index contributed by atoms with van der Waals surface area (Å²) < 4.78 is 13.0. The smallest absolute Gasteiger partial charge is 0.330 e. The van der Waals surface area contributed by atoms with Crippen LogP contribution in [0.1, 0.15) is 85.2 Å². The van der Waals surface area contributed by atoms with Crippen molar-refractivity contribution in [1.29, 1.82) is 0 Å². The minimum Gasteiger partial charge on any atom is -0.475 e. The predicted molar refractivity (Wildman–Crippen MR) is 181 cm³/mol. The molecule has 9 nitrogen and oxygen atoms in total. The molecule has 2 saturated carbocycles. The Morgan fingerprint density at radius 1 is 1.00 bits per heavy atom. The molecule has 0 bridgehead atoms. The van der Waals surface area contributed by atoms with Gasteiger partial charge < -0.3 is 24.7 Å². The Balaban J connectivity index is 1.18. The lowest BCUT2D eigenvalue weighted by molar-refractivity contribution is -0.134. The number of amides is 2. The summed E-state index contributed by atoms with van der Waals surface area (Å²) in [5.74, 6) is 0.185. The number of hydrogen-bond acceptors (Lipinski definition) is 6. The van der Waals surface area contributed by atoms with Gasteiger partial charge in [0.25, 0.3) is 5.91 Å². The van der Waals surface area contributed by atoms with E-state index in [1.165, 1.54) is 43.4 Å². The Hall–Kier alpha value is -4.92. The van der Waals surface area contributed by atoms with Crippen molar-refractivity contribution in [2.24, 2.45) is 0 Å². The van der Waals surface area contributed by atoms with Gasteiger partial charge in [-0.1, -0.05) is 50.3 Å². The van der Waals surface area contributed by atoms with Crippen LogP contribution in [-0.4, -0.2) is 46.6 Å². The summed E-state index contributed by atoms with van der Waals surface area (Å²) in [6.07, 6.45) is 13.6. The van der Waals surface area contributed by atoms with Crippen LogP contribution in [0, 0.1) is 0 Å². The average Bonchev–Trinajstić information content (AvgIpc) is 3.66. The van der Waals surface area contributed by atoms with E-state index in [2.05, 4.69) is 37.1 Å². The maximum Gasteiger partial charge on any atom is 0.330 e. The number of hydrogen-bond donors (Lipinski definition) is 2. The molecule has 7 rings (SSSR count). The van der Waals surface area contributed by atoms with Gasteiger partial charge in [0.1, 0.15) is 12.1 Å². The first-order valence-electron chi connectivity index (χ1n) is 16.7. The number of carbonyl (C=O) groups is 3. The number of carbonyl (C=O) groups excluding carboxylic acids is 3. The highest BCUT2D eigenvalue weighted by Gasteiger charge is 2.43. The number of ether oxygens (including phenoxy) is 2. The van der Waals surface area contributed by atoms with Crippen LogP contribution in [0.25, 0.3) is 28.2 Å². The summed E-state index contributed by atoms with van der Waals surface area (Å²) in [5, 5.41) is 7.36. The lowest BCUT2D eigenvalue weighted by Gasteiger charge is -2.29. The van der Waals surface area contributed by atoms with Crippen molar-refractivity contribution >= 4 is 40.4 Å². The molecule has 2 amide bonds. The molecule has 242 valence electrons. The molecular formula is C38H40N4O5. The average molecular weight is 633 g/mol. The van der Waals surface area contributed by atoms with E-state index in [0.29, 0.717) is 49.0 Å². The fraction of sp³-hybridized carbons (Fsp3) is 0.368. The van der Waals surface area contributed by atoms with Gasteiger partial charge in [0.2, 0.25) is 11.8 Å². The Kier molecular flexibility index (Phi) is 8.54. The summed E-state index contributed by atoms with van der Waals surface area (Å²) in [4.78, 5) is 43.7. The Labute approximate surface area is 274 Å². The number of pyridine rings is 1. The van der Waals surface area contributed by atoms with Crippen molar-refractivity contribution in [3.63, 3.8) is 0 Å². The highest BCUT2D eigenvalue weighted by atomic mass is 16.5. The quantitative estimate of drug-likeness (QED) is 0.168. The van der Waals surface area contributed by atoms with Crippen LogP contribution < -0.4 is 15.4 Å². The summed E-state index contributed by atoms with van der Waals surface area (Å²) in [6, 6.07) is 17.2. The summed E-state index contributed by atoms with van der Waals surface area (Å²) >= 11 is 0. The second-order valence-electron chi connectivity index (χ2n) is 12.9. The first kappa shape index (κ1) is 30.7. The minimum atomic E-state index is -1.00. The molecule has 0 spiro atoms. The first-order valence-corrected chi connectivity index (χ1v) is 16.7. The van der Waals surface area contributed by atoms with Crippen molar-refractivity contribution in [2.75, 3.05) is 19.0 Å². The number of anilines is 1. The van der Waals surface area contributed by atoms with Gasteiger partial charge in [-0.2, -0.15) is 0 Å². The van der Waals surface area contributed by atoms with Gasteiger partial charge >= 0.3 is 5.97 Å². The fourth-order valence-electron chi connectivity index (χ4n) is 7.60. The number of esters is 1. The van der Waals surface area contributed by atoms with E-state index in [9.17, 15) is 14.4 Å². The zero-order chi connectivity index (χ0) is 32.4. The molecule has 9 heteroatoms. The Morgan fingerprint density at radius 2 is 1.79 bits per heavy atom. The van der Waals surface area contributed by atoms with E-state index < -0.39 is 11.5 Å². The summed E-state index contributed by atoms with van der Waals surface area (Å²) in [5.41, 5.74) is 5.46. The van der Waals surface area contributed by atoms with Crippen LogP contribution in [0.15, 0.2) is 66.9 Å². The summed E-state index contributed by atoms with van der Waals surface area (Å²) in [7, 11) is 1.33. The van der Waals surface area contributed by atoms with Crippen LogP contribution in [0.3, 0.4) is 0 Å². The number of nitrogens with zero attached hydrogens (tertiary/aromatic N) is 2. The molecule has 0 unspecified atom stereocenters. The third-order valence-electron chi connectivity index (χ3n) is 9.99. The highest BCUT2D eigenvalue weighted by Crippen LogP contribution is 2.46. The lowest BCUT2D eigenvalue weighted by atomic mass is 9.82. The standard InChI is InChI=1S/C38H40N4O5/c1-46-32(43)18-13-25-11-15-28(16-12-25)40-37(45)38(19-5-6-20-38)41-35(44)27-14-17-29-31(24-27)42-22-23-47-36-30(10-7-21-39-36)34(42)33(29)26-8-3-2-4-9-26/h7,10-18,21,24,26H,2-6,8-9,19-20,22-23H2,1H3,(H,40,45)(H,41,44)/b18-13+. The van der Waals surface area contributed by atoms with Crippen LogP contribution in [0.5, 0.6) is 5.88 Å². The molecule has 0 atom stereocenters. The van der Waals surface area contributed by atoms with Crippen molar-refractivity contribution in [3.05, 3.63) is 83.6 Å². The lowest BCUT2D eigenvalue weighted by Crippen LogP contribution is -2.55. The summed E-state index contributed by atoms with van der Waals surface area (Å²) in [6.45, 7) is 1.15. The van der Waals surface area contributed by atoms with Crippen LogP contribution in [0.4, 0.5) is 5.69 Å². The number of rotatable bonds is 7. The van der Waals surface area contributed by atoms with E-state index >= 15 is 0 Å². The number of methoxy groups -OCH3 is 1. The van der Waals surface area contributed by atoms with Gasteiger partial charge in [-0.3, -0.25) is 9.59 Å². The molecule has 2 aromatic carbocycles. The first-order chi connectivity index (χ1) is 23.0. The van der Waals surface area contributed by atoms with E-state index in [1.54, 1.807) is 24.4 Å². The maximum absolute atomic E-state index is 14.0. The second kappa shape index (κ2) is 13.1. The van der Waals surface area contributed by atoms with E-state index in [1.807, 2.05) is 30.3 Å². The Morgan fingerprint density at radius 3 is 2.55 bits per heavy atom. The predicted octanol–water partition coefficient (Wildman–Crippen LogP) is 7.01. The Bertz CT molecular complexity index is 1850. The van der Waals surface area contributed by atoms with Crippen molar-refractivity contribution in [3.8, 4) is 17.1 Å². The van der Waals surface area contributed by atoms with Gasteiger partial charge in [-0.15, -0.1) is 0 Å². The number of aromatic nitrogens is 2. The van der Waals surface area contributed by atoms with Crippen molar-refractivity contribution < 1.29 is 23.9 Å².